The Hall–Kier alpha value is -1.95. The minimum Gasteiger partial charge on any atom is -0.461 e. The monoisotopic (exact) mass is 407 g/mol. The number of esters is 2. The van der Waals surface area contributed by atoms with Crippen molar-refractivity contribution in [1.29, 1.82) is 0 Å². The summed E-state index contributed by atoms with van der Waals surface area (Å²) in [6, 6.07) is 4.73. The summed E-state index contributed by atoms with van der Waals surface area (Å²) in [5, 5.41) is 0. The summed E-state index contributed by atoms with van der Waals surface area (Å²) >= 11 is 0. The Morgan fingerprint density at radius 1 is 0.828 bits per heavy atom. The molecule has 0 fully saturated rings. The van der Waals surface area contributed by atoms with Gasteiger partial charge < -0.3 is 14.2 Å². The van der Waals surface area contributed by atoms with Gasteiger partial charge in [0.15, 0.2) is 0 Å². The van der Waals surface area contributed by atoms with Gasteiger partial charge in [0.25, 0.3) is 0 Å². The van der Waals surface area contributed by atoms with Crippen molar-refractivity contribution < 1.29 is 23.8 Å². The molecule has 0 amide bonds. The maximum absolute atomic E-state index is 12.3. The number of carbonyl (C=O) groups is 2. The Kier molecular flexibility index (Phi) is 13.8. The van der Waals surface area contributed by atoms with Gasteiger partial charge in [-0.05, 0) is 37.3 Å². The van der Waals surface area contributed by atoms with E-state index in [4.69, 9.17) is 14.2 Å². The molecule has 0 aliphatic heterocycles. The Morgan fingerprint density at radius 3 is 2.07 bits per heavy atom. The number of carbonyl (C=O) groups excluding carboxylic acids is 2. The third-order valence-electron chi connectivity index (χ3n) is 4.85. The SMILES string of the molecule is CCCCCCOC(=O)c1cccc(C(=O)OCCC(CCCC)CCOC)n1. The first-order valence-electron chi connectivity index (χ1n) is 10.9. The lowest BCUT2D eigenvalue weighted by atomic mass is 9.96. The second-order valence-electron chi connectivity index (χ2n) is 7.32. The molecule has 0 aliphatic rings. The highest BCUT2D eigenvalue weighted by Crippen LogP contribution is 2.17. The number of aromatic nitrogens is 1. The molecule has 0 spiro atoms. The van der Waals surface area contributed by atoms with Gasteiger partial charge in [0.05, 0.1) is 13.2 Å². The van der Waals surface area contributed by atoms with Gasteiger partial charge >= 0.3 is 11.9 Å². The Balaban J connectivity index is 2.47. The average Bonchev–Trinajstić information content (AvgIpc) is 2.74. The lowest BCUT2D eigenvalue weighted by Gasteiger charge is -2.16. The standard InChI is InChI=1S/C23H37NO5/c1-4-6-8-9-16-28-22(25)20-12-10-13-21(24-20)23(26)29-18-15-19(11-7-5-2)14-17-27-3/h10,12-13,19H,4-9,11,14-18H2,1-3H3. The van der Waals surface area contributed by atoms with Gasteiger partial charge in [-0.15, -0.1) is 0 Å². The molecule has 0 aliphatic carbocycles. The van der Waals surface area contributed by atoms with Crippen molar-refractivity contribution >= 4 is 11.9 Å². The van der Waals surface area contributed by atoms with E-state index in [0.717, 1.165) is 57.8 Å². The fraction of sp³-hybridized carbons (Fsp3) is 0.696. The van der Waals surface area contributed by atoms with Crippen molar-refractivity contribution in [3.63, 3.8) is 0 Å². The van der Waals surface area contributed by atoms with E-state index in [0.29, 0.717) is 25.7 Å². The summed E-state index contributed by atoms with van der Waals surface area (Å²) in [6.45, 7) is 5.72. The van der Waals surface area contributed by atoms with Gasteiger partial charge in [0.1, 0.15) is 11.4 Å². The molecule has 1 unspecified atom stereocenters. The molecule has 0 bridgehead atoms. The quantitative estimate of drug-likeness (QED) is 0.277. The molecule has 1 heterocycles. The van der Waals surface area contributed by atoms with Gasteiger partial charge in [-0.3, -0.25) is 0 Å². The van der Waals surface area contributed by atoms with E-state index < -0.39 is 11.9 Å². The van der Waals surface area contributed by atoms with Crippen LogP contribution in [0.1, 0.15) is 92.6 Å². The number of hydrogen-bond acceptors (Lipinski definition) is 6. The van der Waals surface area contributed by atoms with Crippen LogP contribution < -0.4 is 0 Å². The molecule has 1 atom stereocenters. The third-order valence-corrected chi connectivity index (χ3v) is 4.85. The molecular formula is C23H37NO5. The zero-order valence-electron chi connectivity index (χ0n) is 18.3. The Morgan fingerprint density at radius 2 is 1.45 bits per heavy atom. The average molecular weight is 408 g/mol. The third kappa shape index (κ3) is 11.0. The summed E-state index contributed by atoms with van der Waals surface area (Å²) < 4.78 is 15.8. The first kappa shape index (κ1) is 25.1. The van der Waals surface area contributed by atoms with Gasteiger partial charge in [-0.25, -0.2) is 14.6 Å². The highest BCUT2D eigenvalue weighted by Gasteiger charge is 2.15. The molecule has 1 aromatic heterocycles. The van der Waals surface area contributed by atoms with Crippen LogP contribution in [-0.4, -0.2) is 43.9 Å². The number of nitrogens with zero attached hydrogens (tertiary/aromatic N) is 1. The molecule has 1 rings (SSSR count). The maximum Gasteiger partial charge on any atom is 0.356 e. The Labute approximate surface area is 175 Å². The predicted octanol–water partition coefficient (Wildman–Crippen LogP) is 5.21. The number of hydrogen-bond donors (Lipinski definition) is 0. The molecule has 0 aromatic carbocycles. The van der Waals surface area contributed by atoms with Gasteiger partial charge in [0, 0.05) is 13.7 Å². The van der Waals surface area contributed by atoms with Crippen molar-refractivity contribution in [2.45, 2.75) is 71.6 Å². The highest BCUT2D eigenvalue weighted by molar-refractivity contribution is 5.91. The summed E-state index contributed by atoms with van der Waals surface area (Å²) in [5.41, 5.74) is 0.267. The van der Waals surface area contributed by atoms with Crippen molar-refractivity contribution in [3.8, 4) is 0 Å². The van der Waals surface area contributed by atoms with Crippen LogP contribution in [0.2, 0.25) is 0 Å². The maximum atomic E-state index is 12.3. The number of methoxy groups -OCH3 is 1. The Bertz CT molecular complexity index is 582. The first-order valence-corrected chi connectivity index (χ1v) is 10.9. The number of ether oxygens (including phenoxy) is 3. The largest absolute Gasteiger partial charge is 0.461 e. The van der Waals surface area contributed by atoms with Crippen LogP contribution in [0.3, 0.4) is 0 Å². The highest BCUT2D eigenvalue weighted by atomic mass is 16.5. The summed E-state index contributed by atoms with van der Waals surface area (Å²) in [5.74, 6) is -0.538. The van der Waals surface area contributed by atoms with Crippen LogP contribution in [0, 0.1) is 5.92 Å². The smallest absolute Gasteiger partial charge is 0.356 e. The lowest BCUT2D eigenvalue weighted by Crippen LogP contribution is -2.15. The lowest BCUT2D eigenvalue weighted by molar-refractivity contribution is 0.0463. The fourth-order valence-corrected chi connectivity index (χ4v) is 3.03. The second kappa shape index (κ2) is 15.9. The van der Waals surface area contributed by atoms with Gasteiger partial charge in [0.2, 0.25) is 0 Å². The molecule has 6 nitrogen and oxygen atoms in total. The van der Waals surface area contributed by atoms with Crippen molar-refractivity contribution in [2.75, 3.05) is 26.9 Å². The minimum atomic E-state index is -0.511. The summed E-state index contributed by atoms with van der Waals surface area (Å²) in [7, 11) is 1.70. The van der Waals surface area contributed by atoms with Gasteiger partial charge in [-0.1, -0.05) is 58.4 Å². The van der Waals surface area contributed by atoms with E-state index in [1.165, 1.54) is 0 Å². The molecule has 0 saturated carbocycles. The van der Waals surface area contributed by atoms with E-state index >= 15 is 0 Å². The van der Waals surface area contributed by atoms with E-state index in [1.807, 2.05) is 0 Å². The number of rotatable bonds is 16. The molecule has 0 N–H and O–H groups in total. The summed E-state index contributed by atoms with van der Waals surface area (Å²) in [6.07, 6.45) is 9.31. The van der Waals surface area contributed by atoms with Crippen LogP contribution in [0.15, 0.2) is 18.2 Å². The van der Waals surface area contributed by atoms with Crippen LogP contribution in [0.5, 0.6) is 0 Å². The van der Waals surface area contributed by atoms with Crippen LogP contribution >= 0.6 is 0 Å². The van der Waals surface area contributed by atoms with E-state index in [1.54, 1.807) is 25.3 Å². The van der Waals surface area contributed by atoms with Crippen molar-refractivity contribution in [2.24, 2.45) is 5.92 Å². The fourth-order valence-electron chi connectivity index (χ4n) is 3.03. The van der Waals surface area contributed by atoms with Crippen LogP contribution in [-0.2, 0) is 14.2 Å². The normalized spacial score (nSPS) is 11.8. The van der Waals surface area contributed by atoms with Gasteiger partial charge in [-0.2, -0.15) is 0 Å². The van der Waals surface area contributed by atoms with Crippen molar-refractivity contribution in [1.82, 2.24) is 4.98 Å². The molecule has 0 saturated heterocycles. The molecule has 6 heteroatoms. The zero-order chi connectivity index (χ0) is 21.3. The van der Waals surface area contributed by atoms with E-state index in [-0.39, 0.29) is 11.4 Å². The van der Waals surface area contributed by atoms with E-state index in [2.05, 4.69) is 18.8 Å². The molecule has 164 valence electrons. The van der Waals surface area contributed by atoms with Crippen LogP contribution in [0.25, 0.3) is 0 Å². The molecule has 29 heavy (non-hydrogen) atoms. The molecular weight excluding hydrogens is 370 g/mol. The van der Waals surface area contributed by atoms with Crippen molar-refractivity contribution in [3.05, 3.63) is 29.6 Å². The second-order valence-corrected chi connectivity index (χ2v) is 7.32. The number of unbranched alkanes of at least 4 members (excludes halogenated alkanes) is 4. The van der Waals surface area contributed by atoms with E-state index in [9.17, 15) is 9.59 Å². The topological polar surface area (TPSA) is 74.7 Å². The van der Waals surface area contributed by atoms with Crippen LogP contribution in [0.4, 0.5) is 0 Å². The molecule has 1 aromatic rings. The first-order chi connectivity index (χ1) is 14.1. The summed E-state index contributed by atoms with van der Waals surface area (Å²) in [4.78, 5) is 28.5. The predicted molar refractivity (Wildman–Crippen MR) is 113 cm³/mol. The minimum absolute atomic E-state index is 0.132. The molecule has 0 radical (unpaired) electrons. The number of pyridine rings is 1. The zero-order valence-corrected chi connectivity index (χ0v) is 18.3.